The summed E-state index contributed by atoms with van der Waals surface area (Å²) in [5.74, 6) is 2.06. The van der Waals surface area contributed by atoms with Crippen molar-refractivity contribution in [3.63, 3.8) is 0 Å². The fourth-order valence-corrected chi connectivity index (χ4v) is 2.30. The van der Waals surface area contributed by atoms with Crippen molar-refractivity contribution in [2.45, 2.75) is 39.5 Å². The molecular formula is C20H28O4. The van der Waals surface area contributed by atoms with Crippen LogP contribution in [0.5, 0.6) is 23.0 Å². The Bertz CT molecular complexity index is 568. The average Bonchev–Trinajstić information content (AvgIpc) is 2.59. The molecule has 24 heavy (non-hydrogen) atoms. The van der Waals surface area contributed by atoms with Crippen LogP contribution in [0.1, 0.15) is 37.8 Å². The van der Waals surface area contributed by atoms with Crippen LogP contribution in [0.4, 0.5) is 0 Å². The molecule has 2 N–H and O–H groups in total. The van der Waals surface area contributed by atoms with Crippen LogP contribution >= 0.6 is 0 Å². The highest BCUT2D eigenvalue weighted by molar-refractivity contribution is 5.40. The molecule has 0 fully saturated rings. The van der Waals surface area contributed by atoms with E-state index in [0.717, 1.165) is 36.8 Å². The third-order valence-electron chi connectivity index (χ3n) is 3.62. The summed E-state index contributed by atoms with van der Waals surface area (Å²) < 4.78 is 9.94. The van der Waals surface area contributed by atoms with Gasteiger partial charge < -0.3 is 19.7 Å². The molecule has 0 aromatic heterocycles. The van der Waals surface area contributed by atoms with Gasteiger partial charge in [0.05, 0.1) is 14.2 Å². The van der Waals surface area contributed by atoms with E-state index < -0.39 is 0 Å². The van der Waals surface area contributed by atoms with Gasteiger partial charge in [-0.3, -0.25) is 0 Å². The molecule has 0 atom stereocenters. The van der Waals surface area contributed by atoms with E-state index in [1.165, 1.54) is 0 Å². The highest BCUT2D eigenvalue weighted by Crippen LogP contribution is 2.24. The van der Waals surface area contributed by atoms with Crippen LogP contribution in [0.15, 0.2) is 36.4 Å². The summed E-state index contributed by atoms with van der Waals surface area (Å²) in [5.41, 5.74) is 1.97. The number of rotatable bonds is 6. The zero-order valence-corrected chi connectivity index (χ0v) is 15.0. The van der Waals surface area contributed by atoms with Gasteiger partial charge in [0, 0.05) is 12.1 Å². The van der Waals surface area contributed by atoms with Crippen molar-refractivity contribution in [2.24, 2.45) is 0 Å². The molecule has 4 heteroatoms. The van der Waals surface area contributed by atoms with Crippen LogP contribution in [0.3, 0.4) is 0 Å². The molecule has 0 unspecified atom stereocenters. The maximum absolute atomic E-state index is 9.47. The van der Waals surface area contributed by atoms with Crippen molar-refractivity contribution in [3.05, 3.63) is 47.5 Å². The van der Waals surface area contributed by atoms with Gasteiger partial charge in [-0.15, -0.1) is 0 Å². The standard InChI is InChI=1S/2C10H14O2/c2*1-3-4-8-5-6-9(12-2)7-10(8)11/h2*5-7,11H,3-4H2,1-2H3. The van der Waals surface area contributed by atoms with Crippen LogP contribution in [0.25, 0.3) is 0 Å². The lowest BCUT2D eigenvalue weighted by atomic mass is 10.1. The highest BCUT2D eigenvalue weighted by Gasteiger charge is 2.01. The van der Waals surface area contributed by atoms with Crippen LogP contribution in [0.2, 0.25) is 0 Å². The van der Waals surface area contributed by atoms with E-state index in [4.69, 9.17) is 9.47 Å². The minimum Gasteiger partial charge on any atom is -0.508 e. The molecule has 0 saturated heterocycles. The van der Waals surface area contributed by atoms with Crippen LogP contribution in [-0.2, 0) is 12.8 Å². The first kappa shape index (κ1) is 19.7. The van der Waals surface area contributed by atoms with Gasteiger partial charge in [-0.1, -0.05) is 38.8 Å². The van der Waals surface area contributed by atoms with E-state index in [-0.39, 0.29) is 0 Å². The Hall–Kier alpha value is -2.36. The predicted molar refractivity (Wildman–Crippen MR) is 97.3 cm³/mol. The number of hydrogen-bond donors (Lipinski definition) is 2. The van der Waals surface area contributed by atoms with Crippen molar-refractivity contribution in [1.82, 2.24) is 0 Å². The second kappa shape index (κ2) is 10.4. The summed E-state index contributed by atoms with van der Waals surface area (Å²) in [4.78, 5) is 0. The molecular weight excluding hydrogens is 304 g/mol. The number of hydrogen-bond acceptors (Lipinski definition) is 4. The number of benzene rings is 2. The predicted octanol–water partition coefficient (Wildman–Crippen LogP) is 4.71. The topological polar surface area (TPSA) is 58.9 Å². The molecule has 0 heterocycles. The van der Waals surface area contributed by atoms with Crippen molar-refractivity contribution in [2.75, 3.05) is 14.2 Å². The fraction of sp³-hybridized carbons (Fsp3) is 0.400. The second-order valence-corrected chi connectivity index (χ2v) is 5.49. The number of aryl methyl sites for hydroxylation is 2. The summed E-state index contributed by atoms with van der Waals surface area (Å²) in [6, 6.07) is 10.8. The molecule has 132 valence electrons. The highest BCUT2D eigenvalue weighted by atomic mass is 16.5. The Balaban J connectivity index is 0.000000240. The Kier molecular flexibility index (Phi) is 8.55. The molecule has 0 radical (unpaired) electrons. The second-order valence-electron chi connectivity index (χ2n) is 5.49. The first-order valence-corrected chi connectivity index (χ1v) is 8.27. The van der Waals surface area contributed by atoms with Gasteiger partial charge in [-0.2, -0.15) is 0 Å². The van der Waals surface area contributed by atoms with Crippen LogP contribution < -0.4 is 9.47 Å². The zero-order valence-electron chi connectivity index (χ0n) is 15.0. The number of methoxy groups -OCH3 is 2. The normalized spacial score (nSPS) is 9.83. The largest absolute Gasteiger partial charge is 0.508 e. The third-order valence-corrected chi connectivity index (χ3v) is 3.62. The van der Waals surface area contributed by atoms with E-state index in [1.807, 2.05) is 24.3 Å². The summed E-state index contributed by atoms with van der Waals surface area (Å²) in [5, 5.41) is 18.9. The molecule has 2 aromatic rings. The monoisotopic (exact) mass is 332 g/mol. The Morgan fingerprint density at radius 1 is 0.708 bits per heavy atom. The molecule has 4 nitrogen and oxygen atoms in total. The minimum atomic E-state index is 0.330. The fourth-order valence-electron chi connectivity index (χ4n) is 2.30. The molecule has 0 saturated carbocycles. The van der Waals surface area contributed by atoms with Gasteiger partial charge in [-0.05, 0) is 36.1 Å². The number of ether oxygens (including phenoxy) is 2. The van der Waals surface area contributed by atoms with Gasteiger partial charge >= 0.3 is 0 Å². The average molecular weight is 332 g/mol. The van der Waals surface area contributed by atoms with Gasteiger partial charge in [0.25, 0.3) is 0 Å². The summed E-state index contributed by atoms with van der Waals surface area (Å²) in [6.07, 6.45) is 3.91. The maximum Gasteiger partial charge on any atom is 0.122 e. The summed E-state index contributed by atoms with van der Waals surface area (Å²) in [7, 11) is 3.18. The van der Waals surface area contributed by atoms with E-state index in [1.54, 1.807) is 26.4 Å². The Morgan fingerprint density at radius 3 is 1.33 bits per heavy atom. The summed E-state index contributed by atoms with van der Waals surface area (Å²) >= 11 is 0. The quantitative estimate of drug-likeness (QED) is 0.804. The molecule has 0 aliphatic heterocycles. The zero-order chi connectivity index (χ0) is 17.9. The molecule has 0 amide bonds. The minimum absolute atomic E-state index is 0.330. The third kappa shape index (κ3) is 6.03. The number of phenols is 2. The van der Waals surface area contributed by atoms with Gasteiger partial charge in [0.1, 0.15) is 23.0 Å². The summed E-state index contributed by atoms with van der Waals surface area (Å²) in [6.45, 7) is 4.17. The Labute approximate surface area is 144 Å². The number of aromatic hydroxyl groups is 2. The van der Waals surface area contributed by atoms with Crippen molar-refractivity contribution >= 4 is 0 Å². The van der Waals surface area contributed by atoms with Gasteiger partial charge in [0.15, 0.2) is 0 Å². The Morgan fingerprint density at radius 2 is 1.08 bits per heavy atom. The molecule has 0 spiro atoms. The van der Waals surface area contributed by atoms with E-state index in [9.17, 15) is 10.2 Å². The first-order valence-electron chi connectivity index (χ1n) is 8.27. The lowest BCUT2D eigenvalue weighted by Crippen LogP contribution is -1.86. The van der Waals surface area contributed by atoms with Crippen LogP contribution in [-0.4, -0.2) is 24.4 Å². The van der Waals surface area contributed by atoms with Crippen molar-refractivity contribution < 1.29 is 19.7 Å². The lowest BCUT2D eigenvalue weighted by molar-refractivity contribution is 0.406. The molecule has 0 aliphatic carbocycles. The van der Waals surface area contributed by atoms with Crippen molar-refractivity contribution in [1.29, 1.82) is 0 Å². The molecule has 0 aliphatic rings. The lowest BCUT2D eigenvalue weighted by Gasteiger charge is -2.04. The van der Waals surface area contributed by atoms with E-state index in [2.05, 4.69) is 13.8 Å². The number of phenolic OH excluding ortho intramolecular Hbond substituents is 2. The molecule has 2 aromatic carbocycles. The maximum atomic E-state index is 9.47. The molecule has 2 rings (SSSR count). The smallest absolute Gasteiger partial charge is 0.122 e. The van der Waals surface area contributed by atoms with Crippen LogP contribution in [0, 0.1) is 0 Å². The first-order chi connectivity index (χ1) is 11.5. The van der Waals surface area contributed by atoms with Crippen molar-refractivity contribution in [3.8, 4) is 23.0 Å². The van der Waals surface area contributed by atoms with Gasteiger partial charge in [0.2, 0.25) is 0 Å². The molecule has 0 bridgehead atoms. The van der Waals surface area contributed by atoms with E-state index in [0.29, 0.717) is 23.0 Å². The van der Waals surface area contributed by atoms with Gasteiger partial charge in [-0.25, -0.2) is 0 Å². The SMILES string of the molecule is CCCc1ccc(OC)cc1O.CCCc1ccc(OC)cc1O. The van der Waals surface area contributed by atoms with E-state index >= 15 is 0 Å².